The van der Waals surface area contributed by atoms with E-state index in [1.165, 1.54) is 34.7 Å². The van der Waals surface area contributed by atoms with Crippen molar-refractivity contribution >= 4 is 17.4 Å². The van der Waals surface area contributed by atoms with Crippen molar-refractivity contribution in [3.8, 4) is 5.75 Å². The lowest BCUT2D eigenvalue weighted by molar-refractivity contribution is 0.409. The maximum Gasteiger partial charge on any atom is 0.126 e. The van der Waals surface area contributed by atoms with Gasteiger partial charge in [0.15, 0.2) is 0 Å². The molecular weight excluding hydrogens is 218 g/mol. The zero-order valence-electron chi connectivity index (χ0n) is 10.2. The van der Waals surface area contributed by atoms with Crippen LogP contribution < -0.4 is 10.1 Å². The number of methoxy groups -OCH3 is 1. The number of anilines is 1. The van der Waals surface area contributed by atoms with Crippen LogP contribution in [0.3, 0.4) is 0 Å². The molecule has 0 amide bonds. The molecule has 0 bridgehead atoms. The summed E-state index contributed by atoms with van der Waals surface area (Å²) in [6, 6.07) is 4.91. The smallest absolute Gasteiger partial charge is 0.126 e. The molecule has 0 saturated carbocycles. The van der Waals surface area contributed by atoms with Gasteiger partial charge in [-0.2, -0.15) is 11.8 Å². The lowest BCUT2D eigenvalue weighted by Gasteiger charge is -2.18. The van der Waals surface area contributed by atoms with Crippen molar-refractivity contribution in [3.05, 3.63) is 23.3 Å². The first kappa shape index (κ1) is 11.6. The number of benzene rings is 1. The van der Waals surface area contributed by atoms with Crippen LogP contribution in [0.5, 0.6) is 5.75 Å². The predicted octanol–water partition coefficient (Wildman–Crippen LogP) is 3.23. The summed E-state index contributed by atoms with van der Waals surface area (Å²) < 4.78 is 5.44. The van der Waals surface area contributed by atoms with Gasteiger partial charge < -0.3 is 10.1 Å². The Hall–Kier alpha value is -0.830. The molecule has 0 aliphatic carbocycles. The van der Waals surface area contributed by atoms with Crippen molar-refractivity contribution in [2.45, 2.75) is 26.3 Å². The van der Waals surface area contributed by atoms with Crippen LogP contribution in [0.25, 0.3) is 0 Å². The SMILES string of the molecule is COc1c(C)ccc(NC2CCSC2)c1C. The zero-order valence-corrected chi connectivity index (χ0v) is 11.0. The molecule has 1 saturated heterocycles. The van der Waals surface area contributed by atoms with Gasteiger partial charge in [-0.15, -0.1) is 0 Å². The van der Waals surface area contributed by atoms with Crippen molar-refractivity contribution in [3.63, 3.8) is 0 Å². The largest absolute Gasteiger partial charge is 0.496 e. The minimum Gasteiger partial charge on any atom is -0.496 e. The molecule has 0 spiro atoms. The monoisotopic (exact) mass is 237 g/mol. The van der Waals surface area contributed by atoms with E-state index in [9.17, 15) is 0 Å². The van der Waals surface area contributed by atoms with E-state index in [2.05, 4.69) is 31.3 Å². The summed E-state index contributed by atoms with van der Waals surface area (Å²) in [7, 11) is 1.74. The Balaban J connectivity index is 2.20. The number of nitrogens with one attached hydrogen (secondary N) is 1. The molecule has 88 valence electrons. The third-order valence-electron chi connectivity index (χ3n) is 3.10. The van der Waals surface area contributed by atoms with Gasteiger partial charge in [0.1, 0.15) is 5.75 Å². The molecule has 2 rings (SSSR count). The molecule has 1 unspecified atom stereocenters. The molecule has 1 fully saturated rings. The zero-order chi connectivity index (χ0) is 11.5. The Kier molecular flexibility index (Phi) is 3.64. The Bertz CT molecular complexity index is 372. The quantitative estimate of drug-likeness (QED) is 0.872. The Morgan fingerprint density at radius 3 is 2.81 bits per heavy atom. The van der Waals surface area contributed by atoms with Gasteiger partial charge in [-0.1, -0.05) is 6.07 Å². The first-order valence-corrected chi connectivity index (χ1v) is 6.86. The first-order chi connectivity index (χ1) is 7.72. The normalized spacial score (nSPS) is 19.8. The fourth-order valence-electron chi connectivity index (χ4n) is 2.17. The molecule has 1 aromatic rings. The second-order valence-electron chi connectivity index (χ2n) is 4.29. The molecule has 0 aromatic heterocycles. The maximum absolute atomic E-state index is 5.44. The highest BCUT2D eigenvalue weighted by Crippen LogP contribution is 2.31. The van der Waals surface area contributed by atoms with E-state index in [4.69, 9.17) is 4.74 Å². The van der Waals surface area contributed by atoms with Crippen molar-refractivity contribution in [1.82, 2.24) is 0 Å². The van der Waals surface area contributed by atoms with Crippen molar-refractivity contribution in [1.29, 1.82) is 0 Å². The fourth-order valence-corrected chi connectivity index (χ4v) is 3.32. The highest BCUT2D eigenvalue weighted by atomic mass is 32.2. The van der Waals surface area contributed by atoms with Gasteiger partial charge >= 0.3 is 0 Å². The third kappa shape index (κ3) is 2.29. The number of hydrogen-bond acceptors (Lipinski definition) is 3. The molecule has 1 aromatic carbocycles. The van der Waals surface area contributed by atoms with Gasteiger partial charge in [-0.3, -0.25) is 0 Å². The van der Waals surface area contributed by atoms with Crippen LogP contribution in [0, 0.1) is 13.8 Å². The summed E-state index contributed by atoms with van der Waals surface area (Å²) in [5, 5.41) is 3.61. The Labute approximate surface area is 102 Å². The molecule has 3 heteroatoms. The Morgan fingerprint density at radius 2 is 2.19 bits per heavy atom. The van der Waals surface area contributed by atoms with Gasteiger partial charge in [0.25, 0.3) is 0 Å². The number of rotatable bonds is 3. The molecule has 1 atom stereocenters. The van der Waals surface area contributed by atoms with Gasteiger partial charge in [-0.25, -0.2) is 0 Å². The molecular formula is C13H19NOS. The van der Waals surface area contributed by atoms with E-state index in [1.807, 2.05) is 11.8 Å². The van der Waals surface area contributed by atoms with E-state index in [0.29, 0.717) is 6.04 Å². The van der Waals surface area contributed by atoms with Crippen LogP contribution in [-0.4, -0.2) is 24.7 Å². The molecule has 2 nitrogen and oxygen atoms in total. The van der Waals surface area contributed by atoms with Gasteiger partial charge in [-0.05, 0) is 37.7 Å². The van der Waals surface area contributed by atoms with Gasteiger partial charge in [0.05, 0.1) is 7.11 Å². The van der Waals surface area contributed by atoms with E-state index in [1.54, 1.807) is 7.11 Å². The van der Waals surface area contributed by atoms with Crippen LogP contribution >= 0.6 is 11.8 Å². The van der Waals surface area contributed by atoms with Crippen LogP contribution in [0.4, 0.5) is 5.69 Å². The Morgan fingerprint density at radius 1 is 1.38 bits per heavy atom. The molecule has 1 heterocycles. The molecule has 1 N–H and O–H groups in total. The lowest BCUT2D eigenvalue weighted by Crippen LogP contribution is -2.18. The highest BCUT2D eigenvalue weighted by Gasteiger charge is 2.17. The average molecular weight is 237 g/mol. The number of hydrogen-bond donors (Lipinski definition) is 1. The number of aryl methyl sites for hydroxylation is 1. The molecule has 1 aliphatic rings. The van der Waals surface area contributed by atoms with Crippen LogP contribution in [0.15, 0.2) is 12.1 Å². The summed E-state index contributed by atoms with van der Waals surface area (Å²) in [6.45, 7) is 4.21. The number of thioether (sulfide) groups is 1. The molecule has 1 aliphatic heterocycles. The van der Waals surface area contributed by atoms with Crippen molar-refractivity contribution in [2.24, 2.45) is 0 Å². The topological polar surface area (TPSA) is 21.3 Å². The van der Waals surface area contributed by atoms with Gasteiger partial charge in [0, 0.05) is 23.0 Å². The average Bonchev–Trinajstić information content (AvgIpc) is 2.76. The first-order valence-electron chi connectivity index (χ1n) is 5.71. The van der Waals surface area contributed by atoms with Crippen molar-refractivity contribution < 1.29 is 4.74 Å². The summed E-state index contributed by atoms with van der Waals surface area (Å²) in [5.41, 5.74) is 3.64. The molecule has 0 radical (unpaired) electrons. The minimum absolute atomic E-state index is 0.621. The molecule has 16 heavy (non-hydrogen) atoms. The van der Waals surface area contributed by atoms with E-state index in [0.717, 1.165) is 5.75 Å². The summed E-state index contributed by atoms with van der Waals surface area (Å²) >= 11 is 2.03. The fraction of sp³-hybridized carbons (Fsp3) is 0.538. The predicted molar refractivity (Wildman–Crippen MR) is 71.8 cm³/mol. The van der Waals surface area contributed by atoms with E-state index in [-0.39, 0.29) is 0 Å². The number of ether oxygens (including phenoxy) is 1. The lowest BCUT2D eigenvalue weighted by atomic mass is 10.1. The van der Waals surface area contributed by atoms with Gasteiger partial charge in [0.2, 0.25) is 0 Å². The summed E-state index contributed by atoms with van der Waals surface area (Å²) in [5.74, 6) is 3.51. The third-order valence-corrected chi connectivity index (χ3v) is 4.26. The van der Waals surface area contributed by atoms with Crippen LogP contribution in [0.2, 0.25) is 0 Å². The second-order valence-corrected chi connectivity index (χ2v) is 5.44. The van der Waals surface area contributed by atoms with Crippen LogP contribution in [-0.2, 0) is 0 Å². The summed E-state index contributed by atoms with van der Waals surface area (Å²) in [4.78, 5) is 0. The summed E-state index contributed by atoms with van der Waals surface area (Å²) in [6.07, 6.45) is 1.26. The van der Waals surface area contributed by atoms with E-state index < -0.39 is 0 Å². The minimum atomic E-state index is 0.621. The maximum atomic E-state index is 5.44. The highest BCUT2D eigenvalue weighted by molar-refractivity contribution is 7.99. The van der Waals surface area contributed by atoms with Crippen molar-refractivity contribution in [2.75, 3.05) is 23.9 Å². The second kappa shape index (κ2) is 5.00. The van der Waals surface area contributed by atoms with Crippen LogP contribution in [0.1, 0.15) is 17.5 Å². The standard InChI is InChI=1S/C13H19NOS/c1-9-4-5-12(10(2)13(9)15-3)14-11-6-7-16-8-11/h4-5,11,14H,6-8H2,1-3H3. The van der Waals surface area contributed by atoms with E-state index >= 15 is 0 Å².